The Bertz CT molecular complexity index is 809. The van der Waals surface area contributed by atoms with Gasteiger partial charge in [-0.3, -0.25) is 4.79 Å². The van der Waals surface area contributed by atoms with Crippen LogP contribution in [0.4, 0.5) is 0 Å². The second-order valence-electron chi connectivity index (χ2n) is 6.79. The van der Waals surface area contributed by atoms with E-state index in [4.69, 9.17) is 4.74 Å². The maximum absolute atomic E-state index is 13.1. The Labute approximate surface area is 151 Å². The molecule has 2 aromatic carbocycles. The van der Waals surface area contributed by atoms with E-state index < -0.39 is 5.41 Å². The first-order chi connectivity index (χ1) is 12.2. The largest absolute Gasteiger partial charge is 0.493 e. The molecule has 0 bridgehead atoms. The zero-order valence-electron chi connectivity index (χ0n) is 14.1. The van der Waals surface area contributed by atoms with Crippen molar-refractivity contribution in [2.75, 3.05) is 32.6 Å². The molecule has 1 amide bonds. The average molecular weight is 355 g/mol. The lowest BCUT2D eigenvalue weighted by Crippen LogP contribution is -2.42. The highest BCUT2D eigenvalue weighted by atomic mass is 32.2. The SMILES string of the molecule is CSc1ccccc1C(=O)N1C[C@@H]2c3ccccc3OC[C@]2(CO)C1. The number of carbonyl (C=O) groups excluding carboxylic acids is 1. The van der Waals surface area contributed by atoms with Gasteiger partial charge in [0, 0.05) is 23.9 Å². The quantitative estimate of drug-likeness (QED) is 0.860. The summed E-state index contributed by atoms with van der Waals surface area (Å²) in [5, 5.41) is 10.1. The number of ether oxygens (including phenoxy) is 1. The number of hydrogen-bond donors (Lipinski definition) is 1. The van der Waals surface area contributed by atoms with Crippen molar-refractivity contribution in [2.45, 2.75) is 10.8 Å². The Morgan fingerprint density at radius 2 is 2.04 bits per heavy atom. The van der Waals surface area contributed by atoms with Crippen LogP contribution in [0.5, 0.6) is 5.75 Å². The molecule has 5 heteroatoms. The van der Waals surface area contributed by atoms with Gasteiger partial charge >= 0.3 is 0 Å². The topological polar surface area (TPSA) is 49.8 Å². The molecule has 25 heavy (non-hydrogen) atoms. The molecule has 0 aliphatic carbocycles. The van der Waals surface area contributed by atoms with Crippen molar-refractivity contribution in [3.8, 4) is 5.75 Å². The second-order valence-corrected chi connectivity index (χ2v) is 7.63. The van der Waals surface area contributed by atoms with Gasteiger partial charge in [-0.25, -0.2) is 0 Å². The fourth-order valence-electron chi connectivity index (χ4n) is 4.02. The maximum Gasteiger partial charge on any atom is 0.255 e. The Morgan fingerprint density at radius 1 is 1.28 bits per heavy atom. The van der Waals surface area contributed by atoms with Crippen molar-refractivity contribution in [1.82, 2.24) is 4.90 Å². The van der Waals surface area contributed by atoms with Gasteiger partial charge in [0.1, 0.15) is 5.75 Å². The minimum absolute atomic E-state index is 0.0138. The third kappa shape index (κ3) is 2.62. The van der Waals surface area contributed by atoms with Gasteiger partial charge in [0.15, 0.2) is 0 Å². The zero-order chi connectivity index (χ0) is 17.4. The third-order valence-corrected chi connectivity index (χ3v) is 6.19. The monoisotopic (exact) mass is 355 g/mol. The first-order valence-corrected chi connectivity index (χ1v) is 9.66. The number of aliphatic hydroxyl groups is 1. The molecule has 2 heterocycles. The number of aliphatic hydroxyl groups excluding tert-OH is 1. The second kappa shape index (κ2) is 6.39. The van der Waals surface area contributed by atoms with Crippen LogP contribution in [0.15, 0.2) is 53.4 Å². The van der Waals surface area contributed by atoms with E-state index in [1.54, 1.807) is 11.8 Å². The van der Waals surface area contributed by atoms with Gasteiger partial charge in [-0.15, -0.1) is 11.8 Å². The van der Waals surface area contributed by atoms with Gasteiger partial charge in [-0.1, -0.05) is 30.3 Å². The number of thioether (sulfide) groups is 1. The summed E-state index contributed by atoms with van der Waals surface area (Å²) in [5.41, 5.74) is 1.41. The highest BCUT2D eigenvalue weighted by Gasteiger charge is 2.52. The molecule has 4 rings (SSSR count). The van der Waals surface area contributed by atoms with Crippen LogP contribution in [0.1, 0.15) is 21.8 Å². The minimum Gasteiger partial charge on any atom is -0.493 e. The number of fused-ring (bicyclic) bond motifs is 3. The van der Waals surface area contributed by atoms with Crippen molar-refractivity contribution in [1.29, 1.82) is 0 Å². The number of amides is 1. The van der Waals surface area contributed by atoms with Crippen LogP contribution in [0, 0.1) is 5.41 Å². The Hall–Kier alpha value is -1.98. The predicted octanol–water partition coefficient (Wildman–Crippen LogP) is 3.02. The average Bonchev–Trinajstić information content (AvgIpc) is 3.08. The van der Waals surface area contributed by atoms with E-state index in [0.29, 0.717) is 19.7 Å². The molecule has 0 aromatic heterocycles. The molecule has 2 atom stereocenters. The van der Waals surface area contributed by atoms with E-state index in [9.17, 15) is 9.90 Å². The predicted molar refractivity (Wildman–Crippen MR) is 98.3 cm³/mol. The Morgan fingerprint density at radius 3 is 2.84 bits per heavy atom. The lowest BCUT2D eigenvalue weighted by molar-refractivity contribution is 0.0439. The number of benzene rings is 2. The maximum atomic E-state index is 13.1. The lowest BCUT2D eigenvalue weighted by Gasteiger charge is -2.37. The first-order valence-electron chi connectivity index (χ1n) is 8.43. The fourth-order valence-corrected chi connectivity index (χ4v) is 4.61. The Kier molecular flexibility index (Phi) is 4.21. The van der Waals surface area contributed by atoms with E-state index in [-0.39, 0.29) is 18.4 Å². The van der Waals surface area contributed by atoms with Gasteiger partial charge in [0.05, 0.1) is 24.2 Å². The third-order valence-electron chi connectivity index (χ3n) is 5.40. The van der Waals surface area contributed by atoms with Crippen LogP contribution >= 0.6 is 11.8 Å². The molecule has 130 valence electrons. The zero-order valence-corrected chi connectivity index (χ0v) is 15.0. The summed E-state index contributed by atoms with van der Waals surface area (Å²) < 4.78 is 5.91. The molecular formula is C20H21NO3S. The molecule has 4 nitrogen and oxygen atoms in total. The van der Waals surface area contributed by atoms with Crippen molar-refractivity contribution >= 4 is 17.7 Å². The van der Waals surface area contributed by atoms with Crippen LogP contribution in [-0.2, 0) is 0 Å². The van der Waals surface area contributed by atoms with E-state index in [1.165, 1.54) is 0 Å². The molecule has 0 saturated carbocycles. The number of nitrogens with zero attached hydrogens (tertiary/aromatic N) is 1. The lowest BCUT2D eigenvalue weighted by atomic mass is 9.74. The number of rotatable bonds is 3. The number of carbonyl (C=O) groups is 1. The Balaban J connectivity index is 1.68. The summed E-state index contributed by atoms with van der Waals surface area (Å²) in [5.74, 6) is 1.01. The minimum atomic E-state index is -0.418. The van der Waals surface area contributed by atoms with Crippen LogP contribution in [-0.4, -0.2) is 48.5 Å². The van der Waals surface area contributed by atoms with E-state index >= 15 is 0 Å². The first kappa shape index (κ1) is 16.5. The van der Waals surface area contributed by atoms with Crippen molar-refractivity contribution in [2.24, 2.45) is 5.41 Å². The summed E-state index contributed by atoms with van der Waals surface area (Å²) in [7, 11) is 0. The molecule has 0 unspecified atom stereocenters. The van der Waals surface area contributed by atoms with Crippen LogP contribution in [0.3, 0.4) is 0 Å². The summed E-state index contributed by atoms with van der Waals surface area (Å²) in [4.78, 5) is 16.0. The van der Waals surface area contributed by atoms with E-state index in [1.807, 2.05) is 59.7 Å². The summed E-state index contributed by atoms with van der Waals surface area (Å²) in [6.45, 7) is 1.59. The molecule has 1 saturated heterocycles. The molecule has 0 spiro atoms. The van der Waals surface area contributed by atoms with Crippen LogP contribution in [0.2, 0.25) is 0 Å². The summed E-state index contributed by atoms with van der Waals surface area (Å²) >= 11 is 1.58. The van der Waals surface area contributed by atoms with E-state index in [0.717, 1.165) is 21.8 Å². The van der Waals surface area contributed by atoms with Crippen LogP contribution in [0.25, 0.3) is 0 Å². The molecule has 2 aromatic rings. The van der Waals surface area contributed by atoms with Gasteiger partial charge in [-0.05, 0) is 30.0 Å². The summed E-state index contributed by atoms with van der Waals surface area (Å²) in [6, 6.07) is 15.7. The highest BCUT2D eigenvalue weighted by molar-refractivity contribution is 7.98. The molecular weight excluding hydrogens is 334 g/mol. The fraction of sp³-hybridized carbons (Fsp3) is 0.350. The van der Waals surface area contributed by atoms with Crippen molar-refractivity contribution < 1.29 is 14.6 Å². The molecule has 2 aliphatic rings. The standard InChI is InChI=1S/C20H21NO3S/c1-25-18-9-5-3-7-15(18)19(23)21-10-16-14-6-2-4-8-17(14)24-13-20(16,11-21)12-22/h2-9,16,22H,10-13H2,1H3/t16-,20-/m1/s1. The molecule has 1 fully saturated rings. The smallest absolute Gasteiger partial charge is 0.255 e. The van der Waals surface area contributed by atoms with Gasteiger partial charge in [-0.2, -0.15) is 0 Å². The van der Waals surface area contributed by atoms with Crippen molar-refractivity contribution in [3.05, 3.63) is 59.7 Å². The summed E-state index contributed by atoms with van der Waals surface area (Å²) in [6.07, 6.45) is 1.98. The van der Waals surface area contributed by atoms with Crippen LogP contribution < -0.4 is 4.74 Å². The van der Waals surface area contributed by atoms with E-state index in [2.05, 4.69) is 0 Å². The normalized spacial score (nSPS) is 24.4. The molecule has 1 N–H and O–H groups in total. The van der Waals surface area contributed by atoms with Crippen molar-refractivity contribution in [3.63, 3.8) is 0 Å². The molecule has 0 radical (unpaired) electrons. The van der Waals surface area contributed by atoms with Gasteiger partial charge < -0.3 is 14.7 Å². The highest BCUT2D eigenvalue weighted by Crippen LogP contribution is 2.49. The number of likely N-dealkylation sites (tertiary alicyclic amines) is 1. The number of hydrogen-bond acceptors (Lipinski definition) is 4. The van der Waals surface area contributed by atoms with Gasteiger partial charge in [0.25, 0.3) is 5.91 Å². The number of para-hydroxylation sites is 1. The molecule has 2 aliphatic heterocycles. The van der Waals surface area contributed by atoms with Gasteiger partial charge in [0.2, 0.25) is 0 Å².